The highest BCUT2D eigenvalue weighted by Gasteiger charge is 2.27. The van der Waals surface area contributed by atoms with Crippen LogP contribution in [-0.2, 0) is 0 Å². The van der Waals surface area contributed by atoms with Gasteiger partial charge in [-0.05, 0) is 10.3 Å². The summed E-state index contributed by atoms with van der Waals surface area (Å²) in [4.78, 5) is 0. The average Bonchev–Trinajstić information content (AvgIpc) is 1.25. The van der Waals surface area contributed by atoms with Gasteiger partial charge in [0.05, 0.1) is 0 Å². The van der Waals surface area contributed by atoms with Gasteiger partial charge in [0.2, 0.25) is 0 Å². The topological polar surface area (TPSA) is 0 Å². The quantitative estimate of drug-likeness (QED) is 0.503. The molecule has 0 amide bonds. The lowest BCUT2D eigenvalue weighted by Crippen LogP contribution is -2.33. The van der Waals surface area contributed by atoms with Crippen LogP contribution >= 0.6 is 18.5 Å². The first-order chi connectivity index (χ1) is 3.25. The van der Waals surface area contributed by atoms with Crippen molar-refractivity contribution < 1.29 is 0 Å². The van der Waals surface area contributed by atoms with E-state index in [2.05, 4.69) is 46.2 Å². The molecule has 2 unspecified atom stereocenters. The molecule has 50 valence electrons. The van der Waals surface area contributed by atoms with Crippen molar-refractivity contribution in [3.63, 3.8) is 0 Å². The Morgan fingerprint density at radius 1 is 0.750 bits per heavy atom. The zero-order chi connectivity index (χ0) is 7.00. The third-order valence-electron chi connectivity index (χ3n) is 1.66. The summed E-state index contributed by atoms with van der Waals surface area (Å²) < 4.78 is 0. The highest BCUT2D eigenvalue weighted by Crippen LogP contribution is 2.37. The van der Waals surface area contributed by atoms with Crippen molar-refractivity contribution in [3.05, 3.63) is 0 Å². The van der Waals surface area contributed by atoms with Gasteiger partial charge in [-0.3, -0.25) is 0 Å². The van der Waals surface area contributed by atoms with E-state index in [-0.39, 0.29) is 0 Å². The molecule has 2 heteroatoms. The fourth-order valence-electron chi connectivity index (χ4n) is 0. The second kappa shape index (κ2) is 2.24. The van der Waals surface area contributed by atoms with Crippen molar-refractivity contribution in [2.45, 2.75) is 38.0 Å². The van der Waals surface area contributed by atoms with E-state index in [1.165, 1.54) is 0 Å². The molecule has 0 heterocycles. The monoisotopic (exact) mass is 150 g/mol. The summed E-state index contributed by atoms with van der Waals surface area (Å²) in [6.07, 6.45) is 0. The molecule has 2 atom stereocenters. The first kappa shape index (κ1) is 8.86. The van der Waals surface area contributed by atoms with Crippen LogP contribution in [0.2, 0.25) is 0 Å². The molecule has 0 radical (unpaired) electrons. The molecule has 0 saturated carbocycles. The molecule has 0 aliphatic heterocycles. The second-order valence-electron chi connectivity index (χ2n) is 3.44. The summed E-state index contributed by atoms with van der Waals surface area (Å²) >= 11 is 0. The fraction of sp³-hybridized carbons (Fsp3) is 1.00. The van der Waals surface area contributed by atoms with Crippen molar-refractivity contribution in [3.8, 4) is 0 Å². The Morgan fingerprint density at radius 3 is 0.875 bits per heavy atom. The minimum absolute atomic E-state index is 0.317. The van der Waals surface area contributed by atoms with Crippen LogP contribution in [0.5, 0.6) is 0 Å². The Bertz CT molecular complexity index is 61.5. The zero-order valence-corrected chi connectivity index (χ0v) is 8.46. The van der Waals surface area contributed by atoms with E-state index in [0.717, 1.165) is 0 Å². The molecule has 0 aliphatic rings. The van der Waals surface area contributed by atoms with E-state index in [9.17, 15) is 0 Å². The molecule has 0 saturated heterocycles. The molecule has 0 fully saturated rings. The molecule has 0 nitrogen and oxygen atoms in total. The molecule has 0 aromatic heterocycles. The highest BCUT2D eigenvalue weighted by molar-refractivity contribution is 7.25. The maximum Gasteiger partial charge on any atom is -0.0121 e. The normalized spacial score (nSPS) is 14.2. The highest BCUT2D eigenvalue weighted by atomic mass is 31.0. The van der Waals surface area contributed by atoms with Crippen molar-refractivity contribution >= 4 is 18.5 Å². The van der Waals surface area contributed by atoms with Crippen LogP contribution in [0.15, 0.2) is 0 Å². The third kappa shape index (κ3) is 2.42. The van der Waals surface area contributed by atoms with Gasteiger partial charge in [0.15, 0.2) is 0 Å². The summed E-state index contributed by atoms with van der Waals surface area (Å²) in [5, 5.41) is 0.634. The molecule has 0 rings (SSSR count). The predicted molar refractivity (Wildman–Crippen MR) is 47.6 cm³/mol. The lowest BCUT2D eigenvalue weighted by molar-refractivity contribution is 0.551. The van der Waals surface area contributed by atoms with Gasteiger partial charge in [-0.1, -0.05) is 27.7 Å². The van der Waals surface area contributed by atoms with Crippen LogP contribution in [0, 0.1) is 0 Å². The van der Waals surface area contributed by atoms with Gasteiger partial charge >= 0.3 is 0 Å². The van der Waals surface area contributed by atoms with E-state index in [0.29, 0.717) is 10.3 Å². The smallest absolute Gasteiger partial charge is 0.0121 e. The minimum atomic E-state index is 0.317. The lowest BCUT2D eigenvalue weighted by Gasteiger charge is -2.34. The first-order valence-corrected chi connectivity index (χ1v) is 3.98. The van der Waals surface area contributed by atoms with E-state index < -0.39 is 0 Å². The summed E-state index contributed by atoms with van der Waals surface area (Å²) in [7, 11) is 5.68. The molecule has 0 aromatic carbocycles. The van der Waals surface area contributed by atoms with Crippen molar-refractivity contribution in [1.82, 2.24) is 0 Å². The van der Waals surface area contributed by atoms with Gasteiger partial charge in [-0.25, -0.2) is 0 Å². The third-order valence-corrected chi connectivity index (χ3v) is 3.48. The van der Waals surface area contributed by atoms with E-state index in [1.807, 2.05) is 0 Å². The average molecular weight is 150 g/mol. The Morgan fingerprint density at radius 2 is 0.875 bits per heavy atom. The maximum atomic E-state index is 2.84. The standard InChI is InChI=1S/C6H16P2/c1-5(2,7)6(3,4)8/h7-8H2,1-4H3. The van der Waals surface area contributed by atoms with Crippen LogP contribution in [0.4, 0.5) is 0 Å². The van der Waals surface area contributed by atoms with E-state index in [4.69, 9.17) is 0 Å². The SMILES string of the molecule is CC(C)(P)C(C)(C)P. The first-order valence-electron chi connectivity index (χ1n) is 2.83. The molecular weight excluding hydrogens is 134 g/mol. The second-order valence-corrected chi connectivity index (χ2v) is 6.33. The van der Waals surface area contributed by atoms with Crippen molar-refractivity contribution in [2.24, 2.45) is 0 Å². The molecule has 0 bridgehead atoms. The van der Waals surface area contributed by atoms with Gasteiger partial charge in [0, 0.05) is 0 Å². The largest absolute Gasteiger partial charge is 0.131 e. The zero-order valence-electron chi connectivity index (χ0n) is 6.15. The molecule has 0 spiro atoms. The molecule has 0 N–H and O–H groups in total. The Balaban J connectivity index is 4.02. The van der Waals surface area contributed by atoms with Crippen LogP contribution in [0.3, 0.4) is 0 Å². The van der Waals surface area contributed by atoms with Crippen LogP contribution in [-0.4, -0.2) is 10.3 Å². The summed E-state index contributed by atoms with van der Waals surface area (Å²) in [6.45, 7) is 8.85. The van der Waals surface area contributed by atoms with E-state index >= 15 is 0 Å². The van der Waals surface area contributed by atoms with Gasteiger partial charge in [-0.15, -0.1) is 18.5 Å². The summed E-state index contributed by atoms with van der Waals surface area (Å²) in [5.74, 6) is 0. The minimum Gasteiger partial charge on any atom is -0.131 e. The number of rotatable bonds is 1. The van der Waals surface area contributed by atoms with Crippen LogP contribution in [0.25, 0.3) is 0 Å². The van der Waals surface area contributed by atoms with Gasteiger partial charge in [-0.2, -0.15) is 0 Å². The van der Waals surface area contributed by atoms with Crippen LogP contribution < -0.4 is 0 Å². The Kier molecular flexibility index (Phi) is 2.48. The summed E-state index contributed by atoms with van der Waals surface area (Å²) in [6, 6.07) is 0. The van der Waals surface area contributed by atoms with E-state index in [1.54, 1.807) is 0 Å². The summed E-state index contributed by atoms with van der Waals surface area (Å²) in [5.41, 5.74) is 0. The lowest BCUT2D eigenvalue weighted by atomic mass is 9.98. The molecule has 8 heavy (non-hydrogen) atoms. The van der Waals surface area contributed by atoms with Gasteiger partial charge < -0.3 is 0 Å². The number of hydrogen-bond donors (Lipinski definition) is 0. The number of hydrogen-bond acceptors (Lipinski definition) is 0. The van der Waals surface area contributed by atoms with Crippen molar-refractivity contribution in [2.75, 3.05) is 0 Å². The van der Waals surface area contributed by atoms with Gasteiger partial charge in [0.25, 0.3) is 0 Å². The Labute approximate surface area is 57.2 Å². The fourth-order valence-corrected chi connectivity index (χ4v) is 0. The maximum absolute atomic E-state index is 2.84. The van der Waals surface area contributed by atoms with Crippen LogP contribution in [0.1, 0.15) is 27.7 Å². The van der Waals surface area contributed by atoms with Crippen molar-refractivity contribution in [1.29, 1.82) is 0 Å². The Hall–Kier alpha value is 0.860. The molecule has 0 aromatic rings. The predicted octanol–water partition coefficient (Wildman–Crippen LogP) is 2.29. The molecule has 0 aliphatic carbocycles. The van der Waals surface area contributed by atoms with Gasteiger partial charge in [0.1, 0.15) is 0 Å². The molecular formula is C6H16P2.